The predicted octanol–water partition coefficient (Wildman–Crippen LogP) is 3.82. The van der Waals surface area contributed by atoms with E-state index in [-0.39, 0.29) is 5.75 Å². The summed E-state index contributed by atoms with van der Waals surface area (Å²) in [5.41, 5.74) is 1.76. The predicted molar refractivity (Wildman–Crippen MR) is 77.5 cm³/mol. The van der Waals surface area contributed by atoms with E-state index in [4.69, 9.17) is 11.6 Å². The van der Waals surface area contributed by atoms with Crippen molar-refractivity contribution in [3.05, 3.63) is 27.8 Å². The van der Waals surface area contributed by atoms with E-state index in [0.29, 0.717) is 23.4 Å². The fraction of sp³-hybridized carbons (Fsp3) is 0.562. The van der Waals surface area contributed by atoms with Crippen molar-refractivity contribution in [1.82, 2.24) is 0 Å². The number of carbonyl (C=O) groups is 1. The van der Waals surface area contributed by atoms with Crippen molar-refractivity contribution in [2.45, 2.75) is 56.8 Å². The van der Waals surface area contributed by atoms with Crippen LogP contribution in [-0.4, -0.2) is 16.2 Å². The molecule has 2 aliphatic rings. The molecule has 0 aliphatic heterocycles. The summed E-state index contributed by atoms with van der Waals surface area (Å²) in [6.45, 7) is 0. The molecule has 2 N–H and O–H groups in total. The van der Waals surface area contributed by atoms with Crippen molar-refractivity contribution >= 4 is 17.6 Å². The van der Waals surface area contributed by atoms with E-state index < -0.39 is 11.4 Å². The number of carboxylic acids is 1. The van der Waals surface area contributed by atoms with Crippen molar-refractivity contribution < 1.29 is 15.0 Å². The largest absolute Gasteiger partial charge is 0.506 e. The van der Waals surface area contributed by atoms with Crippen LogP contribution in [0.5, 0.6) is 5.75 Å². The first-order valence-electron chi connectivity index (χ1n) is 7.33. The molecular formula is C16H19ClO3. The number of aromatic hydroxyl groups is 1. The summed E-state index contributed by atoms with van der Waals surface area (Å²) >= 11 is 6.34. The zero-order valence-corrected chi connectivity index (χ0v) is 12.2. The van der Waals surface area contributed by atoms with Crippen LogP contribution in [0.25, 0.3) is 0 Å². The third-order valence-corrected chi connectivity index (χ3v) is 5.35. The molecular weight excluding hydrogens is 276 g/mol. The first-order valence-corrected chi connectivity index (χ1v) is 7.71. The number of aliphatic carboxylic acids is 1. The number of rotatable bonds is 2. The summed E-state index contributed by atoms with van der Waals surface area (Å²) in [5, 5.41) is 20.3. The van der Waals surface area contributed by atoms with E-state index in [1.165, 1.54) is 0 Å². The number of hydrogen-bond donors (Lipinski definition) is 2. The minimum absolute atomic E-state index is 0.00517. The van der Waals surface area contributed by atoms with E-state index in [1.807, 2.05) is 6.07 Å². The zero-order chi connectivity index (χ0) is 14.3. The molecule has 1 aromatic carbocycles. The molecule has 1 fully saturated rings. The number of carboxylic acid groups (broad SMARTS) is 1. The Morgan fingerprint density at radius 2 is 1.85 bits per heavy atom. The van der Waals surface area contributed by atoms with E-state index in [9.17, 15) is 15.0 Å². The monoisotopic (exact) mass is 294 g/mol. The van der Waals surface area contributed by atoms with Gasteiger partial charge in [-0.15, -0.1) is 0 Å². The Balaban J connectivity index is 2.15. The highest BCUT2D eigenvalue weighted by molar-refractivity contribution is 6.33. The minimum Gasteiger partial charge on any atom is -0.506 e. The van der Waals surface area contributed by atoms with Crippen LogP contribution >= 0.6 is 11.6 Å². The van der Waals surface area contributed by atoms with Crippen molar-refractivity contribution in [3.63, 3.8) is 0 Å². The fourth-order valence-corrected chi connectivity index (χ4v) is 3.83. The van der Waals surface area contributed by atoms with Crippen LogP contribution in [0.2, 0.25) is 5.02 Å². The van der Waals surface area contributed by atoms with E-state index in [1.54, 1.807) is 0 Å². The highest BCUT2D eigenvalue weighted by atomic mass is 35.5. The molecule has 3 rings (SSSR count). The second-order valence-electron chi connectivity index (χ2n) is 6.03. The van der Waals surface area contributed by atoms with Crippen molar-refractivity contribution in [2.75, 3.05) is 0 Å². The van der Waals surface area contributed by atoms with Crippen LogP contribution in [0.15, 0.2) is 6.07 Å². The lowest BCUT2D eigenvalue weighted by atomic mass is 9.63. The summed E-state index contributed by atoms with van der Waals surface area (Å²) in [6.07, 6.45) is 7.21. The Bertz CT molecular complexity index is 561. The number of fused-ring (bicyclic) bond motifs is 1. The van der Waals surface area contributed by atoms with Gasteiger partial charge in [0.25, 0.3) is 0 Å². The highest BCUT2D eigenvalue weighted by Crippen LogP contribution is 2.50. The molecule has 0 aromatic heterocycles. The summed E-state index contributed by atoms with van der Waals surface area (Å²) in [7, 11) is 0. The lowest BCUT2D eigenvalue weighted by Gasteiger charge is -2.39. The van der Waals surface area contributed by atoms with Gasteiger partial charge in [-0.25, -0.2) is 0 Å². The maximum Gasteiger partial charge on any atom is 0.314 e. The van der Waals surface area contributed by atoms with Crippen LogP contribution < -0.4 is 0 Å². The standard InChI is InChI=1S/C16H19ClO3/c17-13-11-6-3-1-2-5-10(11)9-12(14(13)18)16(15(19)20)7-4-8-16/h9,18H,1-8H2,(H,19,20). The number of phenolic OH excluding ortho intramolecular Hbond substituents is 1. The highest BCUT2D eigenvalue weighted by Gasteiger charge is 2.48. The average Bonchev–Trinajstić information content (AvgIpc) is 2.58. The molecule has 3 nitrogen and oxygen atoms in total. The van der Waals surface area contributed by atoms with Crippen LogP contribution in [0.1, 0.15) is 55.2 Å². The topological polar surface area (TPSA) is 57.5 Å². The van der Waals surface area contributed by atoms with E-state index >= 15 is 0 Å². The van der Waals surface area contributed by atoms with Crippen molar-refractivity contribution in [1.29, 1.82) is 0 Å². The summed E-state index contributed by atoms with van der Waals surface area (Å²) < 4.78 is 0. The first kappa shape index (κ1) is 13.7. The third kappa shape index (κ3) is 1.91. The number of hydrogen-bond acceptors (Lipinski definition) is 2. The van der Waals surface area contributed by atoms with Gasteiger partial charge in [0.1, 0.15) is 5.75 Å². The molecule has 2 aliphatic carbocycles. The molecule has 0 spiro atoms. The first-order chi connectivity index (χ1) is 9.56. The molecule has 0 saturated heterocycles. The molecule has 0 amide bonds. The quantitative estimate of drug-likeness (QED) is 0.815. The lowest BCUT2D eigenvalue weighted by molar-refractivity contribution is -0.147. The SMILES string of the molecule is O=C(O)C1(c2cc3c(c(Cl)c2O)CCCCC3)CCC1. The molecule has 108 valence electrons. The molecule has 1 saturated carbocycles. The van der Waals surface area contributed by atoms with Crippen LogP contribution in [0.3, 0.4) is 0 Å². The van der Waals surface area contributed by atoms with Gasteiger partial charge in [-0.2, -0.15) is 0 Å². The zero-order valence-electron chi connectivity index (χ0n) is 11.4. The smallest absolute Gasteiger partial charge is 0.314 e. The maximum atomic E-state index is 11.6. The minimum atomic E-state index is -0.922. The van der Waals surface area contributed by atoms with Gasteiger partial charge in [-0.1, -0.05) is 30.5 Å². The van der Waals surface area contributed by atoms with Crippen molar-refractivity contribution in [3.8, 4) is 5.75 Å². The Morgan fingerprint density at radius 3 is 2.45 bits per heavy atom. The molecule has 4 heteroatoms. The number of benzene rings is 1. The van der Waals surface area contributed by atoms with Gasteiger partial charge in [0.05, 0.1) is 10.4 Å². The number of phenols is 1. The van der Waals surface area contributed by atoms with E-state index in [0.717, 1.165) is 49.7 Å². The van der Waals surface area contributed by atoms with Gasteiger partial charge in [0.15, 0.2) is 0 Å². The molecule has 0 bridgehead atoms. The Labute approximate surface area is 123 Å². The molecule has 1 aromatic rings. The third-order valence-electron chi connectivity index (χ3n) is 4.94. The van der Waals surface area contributed by atoms with Gasteiger partial charge in [-0.05, 0) is 49.7 Å². The van der Waals surface area contributed by atoms with Crippen LogP contribution in [0, 0.1) is 0 Å². The van der Waals surface area contributed by atoms with Crippen molar-refractivity contribution in [2.24, 2.45) is 0 Å². The van der Waals surface area contributed by atoms with E-state index in [2.05, 4.69) is 0 Å². The Hall–Kier alpha value is -1.22. The lowest BCUT2D eigenvalue weighted by Crippen LogP contribution is -2.42. The van der Waals surface area contributed by atoms with Crippen LogP contribution in [-0.2, 0) is 23.1 Å². The number of halogens is 1. The second-order valence-corrected chi connectivity index (χ2v) is 6.40. The Morgan fingerprint density at radius 1 is 1.15 bits per heavy atom. The van der Waals surface area contributed by atoms with Gasteiger partial charge in [0, 0.05) is 5.56 Å². The van der Waals surface area contributed by atoms with Gasteiger partial charge >= 0.3 is 5.97 Å². The second kappa shape index (κ2) is 4.96. The fourth-order valence-electron chi connectivity index (χ4n) is 3.51. The van der Waals surface area contributed by atoms with Gasteiger partial charge in [-0.3, -0.25) is 4.79 Å². The molecule has 0 unspecified atom stereocenters. The maximum absolute atomic E-state index is 11.6. The molecule has 0 heterocycles. The number of aryl methyl sites for hydroxylation is 1. The summed E-state index contributed by atoms with van der Waals surface area (Å²) in [6, 6.07) is 1.91. The summed E-state index contributed by atoms with van der Waals surface area (Å²) in [4.78, 5) is 11.6. The molecule has 0 atom stereocenters. The normalized spacial score (nSPS) is 20.6. The Kier molecular flexibility index (Phi) is 3.41. The van der Waals surface area contributed by atoms with Crippen LogP contribution in [0.4, 0.5) is 0 Å². The summed E-state index contributed by atoms with van der Waals surface area (Å²) in [5.74, 6) is -0.849. The van der Waals surface area contributed by atoms with Gasteiger partial charge in [0.2, 0.25) is 0 Å². The molecule has 0 radical (unpaired) electrons. The van der Waals surface area contributed by atoms with Gasteiger partial charge < -0.3 is 10.2 Å². The molecule has 20 heavy (non-hydrogen) atoms. The average molecular weight is 295 g/mol.